The number of allylic oxidation sites excluding steroid dienone is 4. The second kappa shape index (κ2) is 2.14. The molecule has 0 radical (unpaired) electrons. The van der Waals surface area contributed by atoms with Crippen LogP contribution in [0.1, 0.15) is 32.1 Å². The summed E-state index contributed by atoms with van der Waals surface area (Å²) in [5, 5.41) is 0. The molecule has 0 aromatic rings. The van der Waals surface area contributed by atoms with Crippen molar-refractivity contribution in [2.45, 2.75) is 32.1 Å². The average molecular weight is 174 g/mol. The summed E-state index contributed by atoms with van der Waals surface area (Å²) in [6, 6.07) is 0. The molecule has 13 heavy (non-hydrogen) atoms. The molecule has 0 N–H and O–H groups in total. The number of carbonyl (C=O) groups is 1. The highest BCUT2D eigenvalue weighted by molar-refractivity contribution is 6.00. The summed E-state index contributed by atoms with van der Waals surface area (Å²) in [5.41, 5.74) is 0.119. The molecule has 0 amide bonds. The second-order valence-electron chi connectivity index (χ2n) is 4.64. The fourth-order valence-corrected chi connectivity index (χ4v) is 3.45. The highest BCUT2D eigenvalue weighted by Crippen LogP contribution is 2.61. The molecule has 3 rings (SSSR count). The molecule has 3 aliphatic rings. The van der Waals surface area contributed by atoms with Crippen molar-refractivity contribution < 1.29 is 4.79 Å². The Labute approximate surface area is 78.5 Å². The predicted octanol–water partition coefficient (Wildman–Crippen LogP) is 2.63. The third-order valence-corrected chi connectivity index (χ3v) is 4.21. The molecule has 0 heterocycles. The lowest BCUT2D eigenvalue weighted by molar-refractivity contribution is -0.125. The molecular weight excluding hydrogens is 160 g/mol. The second-order valence-corrected chi connectivity index (χ2v) is 4.64. The minimum Gasteiger partial charge on any atom is -0.294 e. The third-order valence-electron chi connectivity index (χ3n) is 4.21. The highest BCUT2D eigenvalue weighted by Gasteiger charge is 2.58. The molecular formula is C12H14O. The van der Waals surface area contributed by atoms with E-state index in [-0.39, 0.29) is 10.8 Å². The Bertz CT molecular complexity index is 326. The molecule has 0 aromatic heterocycles. The summed E-state index contributed by atoms with van der Waals surface area (Å²) in [5.74, 6) is 0.362. The van der Waals surface area contributed by atoms with Crippen molar-refractivity contribution in [2.24, 2.45) is 10.8 Å². The van der Waals surface area contributed by atoms with E-state index in [1.54, 1.807) is 0 Å². The van der Waals surface area contributed by atoms with Crippen LogP contribution < -0.4 is 0 Å². The van der Waals surface area contributed by atoms with Gasteiger partial charge in [0.25, 0.3) is 0 Å². The summed E-state index contributed by atoms with van der Waals surface area (Å²) >= 11 is 0. The largest absolute Gasteiger partial charge is 0.294 e. The van der Waals surface area contributed by atoms with E-state index in [0.717, 1.165) is 12.8 Å². The predicted molar refractivity (Wildman–Crippen MR) is 51.2 cm³/mol. The van der Waals surface area contributed by atoms with E-state index < -0.39 is 0 Å². The molecule has 0 aromatic carbocycles. The van der Waals surface area contributed by atoms with Crippen LogP contribution >= 0.6 is 0 Å². The van der Waals surface area contributed by atoms with E-state index in [9.17, 15) is 4.79 Å². The number of carbonyl (C=O) groups excluding carboxylic acids is 1. The van der Waals surface area contributed by atoms with Gasteiger partial charge in [0.1, 0.15) is 0 Å². The zero-order valence-corrected chi connectivity index (χ0v) is 7.75. The molecule has 0 spiro atoms. The minimum absolute atomic E-state index is 0.0920. The molecule has 2 atom stereocenters. The Hall–Kier alpha value is -0.850. The van der Waals surface area contributed by atoms with Crippen LogP contribution in [-0.2, 0) is 4.79 Å². The van der Waals surface area contributed by atoms with E-state index in [2.05, 4.69) is 18.2 Å². The summed E-state index contributed by atoms with van der Waals surface area (Å²) in [6.45, 7) is 0. The van der Waals surface area contributed by atoms with Gasteiger partial charge in [0.2, 0.25) is 0 Å². The first kappa shape index (κ1) is 7.54. The van der Waals surface area contributed by atoms with Gasteiger partial charge in [-0.05, 0) is 25.3 Å². The van der Waals surface area contributed by atoms with E-state index in [0.29, 0.717) is 5.78 Å². The molecule has 0 aliphatic heterocycles. The first-order chi connectivity index (χ1) is 6.29. The van der Waals surface area contributed by atoms with Crippen LogP contribution in [0, 0.1) is 10.8 Å². The fraction of sp³-hybridized carbons (Fsp3) is 0.583. The zero-order valence-electron chi connectivity index (χ0n) is 7.75. The summed E-state index contributed by atoms with van der Waals surface area (Å²) in [4.78, 5) is 11.9. The fourth-order valence-electron chi connectivity index (χ4n) is 3.45. The van der Waals surface area contributed by atoms with Gasteiger partial charge >= 0.3 is 0 Å². The zero-order chi connectivity index (χ0) is 8.94. The summed E-state index contributed by atoms with van der Waals surface area (Å²) in [6.07, 6.45) is 14.3. The Morgan fingerprint density at radius 3 is 2.85 bits per heavy atom. The van der Waals surface area contributed by atoms with Crippen LogP contribution in [0.15, 0.2) is 24.3 Å². The highest BCUT2D eigenvalue weighted by atomic mass is 16.1. The van der Waals surface area contributed by atoms with E-state index >= 15 is 0 Å². The molecule has 1 fully saturated rings. The van der Waals surface area contributed by atoms with E-state index in [1.165, 1.54) is 19.3 Å². The van der Waals surface area contributed by atoms with Gasteiger partial charge in [-0.25, -0.2) is 0 Å². The summed E-state index contributed by atoms with van der Waals surface area (Å²) < 4.78 is 0. The minimum atomic E-state index is -0.0920. The van der Waals surface area contributed by atoms with Gasteiger partial charge in [-0.15, -0.1) is 0 Å². The van der Waals surface area contributed by atoms with Crippen molar-refractivity contribution >= 4 is 5.78 Å². The smallest absolute Gasteiger partial charge is 0.166 e. The van der Waals surface area contributed by atoms with Gasteiger partial charge in [0, 0.05) is 5.41 Å². The standard InChI is InChI=1S/C12H14O/c13-10-4-9-11-5-1-2-7-12(10,11)8-3-6-11/h3-4,8-9H,1-2,5-7H2/t11-,12+/m0/s1. The van der Waals surface area contributed by atoms with Crippen molar-refractivity contribution in [1.82, 2.24) is 0 Å². The van der Waals surface area contributed by atoms with Crippen molar-refractivity contribution in [2.75, 3.05) is 0 Å². The topological polar surface area (TPSA) is 17.1 Å². The van der Waals surface area contributed by atoms with Crippen molar-refractivity contribution in [1.29, 1.82) is 0 Å². The lowest BCUT2D eigenvalue weighted by Crippen LogP contribution is -2.40. The van der Waals surface area contributed by atoms with Gasteiger partial charge < -0.3 is 0 Å². The molecule has 1 nitrogen and oxygen atoms in total. The lowest BCUT2D eigenvalue weighted by atomic mass is 9.59. The Balaban J connectivity index is 2.15. The third kappa shape index (κ3) is 0.676. The molecule has 68 valence electrons. The number of hydrogen-bond donors (Lipinski definition) is 0. The van der Waals surface area contributed by atoms with Crippen LogP contribution in [0.2, 0.25) is 0 Å². The molecule has 1 saturated carbocycles. The van der Waals surface area contributed by atoms with Gasteiger partial charge in [0.05, 0.1) is 5.41 Å². The van der Waals surface area contributed by atoms with Gasteiger partial charge in [-0.3, -0.25) is 4.79 Å². The number of rotatable bonds is 0. The van der Waals surface area contributed by atoms with Crippen molar-refractivity contribution in [3.05, 3.63) is 24.3 Å². The maximum atomic E-state index is 11.9. The lowest BCUT2D eigenvalue weighted by Gasteiger charge is -2.42. The monoisotopic (exact) mass is 174 g/mol. The van der Waals surface area contributed by atoms with Crippen LogP contribution in [0.5, 0.6) is 0 Å². The van der Waals surface area contributed by atoms with Crippen molar-refractivity contribution in [3.8, 4) is 0 Å². The van der Waals surface area contributed by atoms with E-state index in [1.807, 2.05) is 6.08 Å². The Morgan fingerprint density at radius 1 is 1.15 bits per heavy atom. The Morgan fingerprint density at radius 2 is 2.00 bits per heavy atom. The average Bonchev–Trinajstić information content (AvgIpc) is 2.65. The molecule has 1 heteroatoms. The molecule has 3 aliphatic carbocycles. The molecule has 0 bridgehead atoms. The molecule has 0 saturated heterocycles. The number of hydrogen-bond acceptors (Lipinski definition) is 1. The number of ketones is 1. The quantitative estimate of drug-likeness (QED) is 0.516. The molecule has 0 unspecified atom stereocenters. The Kier molecular flexibility index (Phi) is 1.24. The van der Waals surface area contributed by atoms with Gasteiger partial charge in [-0.2, -0.15) is 0 Å². The maximum Gasteiger partial charge on any atom is 0.166 e. The normalized spacial score (nSPS) is 46.6. The van der Waals surface area contributed by atoms with Crippen LogP contribution in [0.4, 0.5) is 0 Å². The van der Waals surface area contributed by atoms with Gasteiger partial charge in [0.15, 0.2) is 5.78 Å². The van der Waals surface area contributed by atoms with E-state index in [4.69, 9.17) is 0 Å². The van der Waals surface area contributed by atoms with Crippen LogP contribution in [-0.4, -0.2) is 5.78 Å². The SMILES string of the molecule is O=C1C=C[C@]23CC=C[C@]12CCCC3. The van der Waals surface area contributed by atoms with Crippen LogP contribution in [0.25, 0.3) is 0 Å². The van der Waals surface area contributed by atoms with Crippen molar-refractivity contribution in [3.63, 3.8) is 0 Å². The van der Waals surface area contributed by atoms with Gasteiger partial charge in [-0.1, -0.05) is 31.1 Å². The first-order valence-electron chi connectivity index (χ1n) is 5.21. The first-order valence-corrected chi connectivity index (χ1v) is 5.21. The van der Waals surface area contributed by atoms with Crippen LogP contribution in [0.3, 0.4) is 0 Å². The maximum absolute atomic E-state index is 11.9. The summed E-state index contributed by atoms with van der Waals surface area (Å²) in [7, 11) is 0.